The van der Waals surface area contributed by atoms with E-state index in [0.717, 1.165) is 5.56 Å². The maximum Gasteiger partial charge on any atom is 0.238 e. The van der Waals surface area contributed by atoms with Gasteiger partial charge in [0.15, 0.2) is 5.17 Å². The summed E-state index contributed by atoms with van der Waals surface area (Å²) in [6, 6.07) is 16.5. The van der Waals surface area contributed by atoms with E-state index in [-0.39, 0.29) is 18.2 Å². The van der Waals surface area contributed by atoms with Gasteiger partial charge in [-0.25, -0.2) is 0 Å². The van der Waals surface area contributed by atoms with Crippen molar-refractivity contribution in [3.05, 3.63) is 60.2 Å². The van der Waals surface area contributed by atoms with Crippen molar-refractivity contribution in [3.8, 4) is 5.75 Å². The van der Waals surface area contributed by atoms with Gasteiger partial charge in [-0.2, -0.15) is 5.10 Å². The first-order valence-corrected chi connectivity index (χ1v) is 9.09. The number of methoxy groups -OCH3 is 1. The van der Waals surface area contributed by atoms with Crippen LogP contribution in [0.4, 0.5) is 5.69 Å². The number of hydrogen-bond acceptors (Lipinski definition) is 6. The molecule has 1 saturated heterocycles. The van der Waals surface area contributed by atoms with E-state index in [1.807, 2.05) is 30.3 Å². The minimum absolute atomic E-state index is 0.0775. The molecule has 0 aromatic heterocycles. The zero-order chi connectivity index (χ0) is 19.1. The number of thioether (sulfide) groups is 1. The van der Waals surface area contributed by atoms with Gasteiger partial charge in [0.2, 0.25) is 11.8 Å². The fraction of sp³-hybridized carbons (Fsp3) is 0.158. The minimum Gasteiger partial charge on any atom is -0.497 e. The third-order valence-corrected chi connectivity index (χ3v) is 4.75. The van der Waals surface area contributed by atoms with E-state index < -0.39 is 5.25 Å². The highest BCUT2D eigenvalue weighted by molar-refractivity contribution is 8.15. The van der Waals surface area contributed by atoms with Gasteiger partial charge < -0.3 is 15.4 Å². The third-order valence-electron chi connectivity index (χ3n) is 3.68. The van der Waals surface area contributed by atoms with Crippen LogP contribution in [0.25, 0.3) is 0 Å². The fourth-order valence-corrected chi connectivity index (χ4v) is 3.26. The summed E-state index contributed by atoms with van der Waals surface area (Å²) in [5.41, 5.74) is 1.52. The number of carbonyl (C=O) groups is 2. The Balaban J connectivity index is 1.63. The third kappa shape index (κ3) is 5.42. The number of amides is 2. The van der Waals surface area contributed by atoms with Crippen LogP contribution in [-0.4, -0.2) is 35.6 Å². The molecule has 2 amide bonds. The Morgan fingerprint density at radius 1 is 1.22 bits per heavy atom. The molecule has 0 spiro atoms. The van der Waals surface area contributed by atoms with Gasteiger partial charge in [-0.1, -0.05) is 42.1 Å². The molecule has 1 fully saturated rings. The average molecular weight is 382 g/mol. The summed E-state index contributed by atoms with van der Waals surface area (Å²) in [5, 5.41) is 13.1. The molecule has 0 bridgehead atoms. The lowest BCUT2D eigenvalue weighted by atomic mass is 10.2. The normalized spacial score (nSPS) is 18.3. The molecular weight excluding hydrogens is 364 g/mol. The van der Waals surface area contributed by atoms with Crippen LogP contribution in [0.15, 0.2) is 64.8 Å². The maximum atomic E-state index is 12.5. The van der Waals surface area contributed by atoms with E-state index in [0.29, 0.717) is 16.6 Å². The Morgan fingerprint density at radius 2 is 1.96 bits per heavy atom. The molecule has 1 heterocycles. The summed E-state index contributed by atoms with van der Waals surface area (Å²) in [7, 11) is 1.58. The fourth-order valence-electron chi connectivity index (χ4n) is 2.32. The first-order valence-electron chi connectivity index (χ1n) is 8.21. The molecular formula is C19H18N4O3S. The van der Waals surface area contributed by atoms with E-state index in [1.54, 1.807) is 37.6 Å². The van der Waals surface area contributed by atoms with Crippen molar-refractivity contribution in [2.45, 2.75) is 11.7 Å². The lowest BCUT2D eigenvalue weighted by Gasteiger charge is -2.21. The van der Waals surface area contributed by atoms with Crippen molar-refractivity contribution < 1.29 is 14.3 Å². The zero-order valence-corrected chi connectivity index (χ0v) is 15.4. The number of hydrogen-bond donors (Lipinski definition) is 2. The van der Waals surface area contributed by atoms with Gasteiger partial charge >= 0.3 is 0 Å². The molecule has 0 unspecified atom stereocenters. The predicted octanol–water partition coefficient (Wildman–Crippen LogP) is 2.65. The molecule has 8 heteroatoms. The summed E-state index contributed by atoms with van der Waals surface area (Å²) < 4.78 is 5.09. The number of anilines is 1. The van der Waals surface area contributed by atoms with Crippen molar-refractivity contribution >= 4 is 40.6 Å². The molecule has 2 N–H and O–H groups in total. The van der Waals surface area contributed by atoms with Gasteiger partial charge in [0.25, 0.3) is 0 Å². The van der Waals surface area contributed by atoms with Gasteiger partial charge in [0.1, 0.15) is 11.0 Å². The second-order valence-corrected chi connectivity index (χ2v) is 6.83. The Hall–Kier alpha value is -3.13. The van der Waals surface area contributed by atoms with Gasteiger partial charge in [-0.05, 0) is 29.8 Å². The minimum atomic E-state index is -0.577. The number of carbonyl (C=O) groups excluding carboxylic acids is 2. The summed E-state index contributed by atoms with van der Waals surface area (Å²) in [4.78, 5) is 24.4. The Bertz CT molecular complexity index is 866. The van der Waals surface area contributed by atoms with E-state index >= 15 is 0 Å². The molecule has 0 aliphatic carbocycles. The van der Waals surface area contributed by atoms with Gasteiger partial charge in [-0.3, -0.25) is 9.59 Å². The molecule has 2 aromatic carbocycles. The predicted molar refractivity (Wildman–Crippen MR) is 107 cm³/mol. The van der Waals surface area contributed by atoms with Crippen molar-refractivity contribution in [2.75, 3.05) is 12.4 Å². The summed E-state index contributed by atoms with van der Waals surface area (Å²) in [6.45, 7) is 0. The molecule has 1 aliphatic rings. The van der Waals surface area contributed by atoms with Crippen LogP contribution in [-0.2, 0) is 9.59 Å². The summed E-state index contributed by atoms with van der Waals surface area (Å²) in [6.07, 6.45) is 1.66. The Labute approximate surface area is 160 Å². The first kappa shape index (κ1) is 18.7. The highest BCUT2D eigenvalue weighted by atomic mass is 32.2. The average Bonchev–Trinajstić information content (AvgIpc) is 2.69. The van der Waals surface area contributed by atoms with Gasteiger partial charge in [-0.15, -0.1) is 5.10 Å². The van der Waals surface area contributed by atoms with E-state index in [2.05, 4.69) is 20.8 Å². The topological polar surface area (TPSA) is 92.1 Å². The monoisotopic (exact) mass is 382 g/mol. The second kappa shape index (κ2) is 9.00. The van der Waals surface area contributed by atoms with Crippen LogP contribution >= 0.6 is 11.8 Å². The lowest BCUT2D eigenvalue weighted by molar-refractivity contribution is -0.123. The smallest absolute Gasteiger partial charge is 0.238 e. The van der Waals surface area contributed by atoms with E-state index in [4.69, 9.17) is 4.74 Å². The molecule has 2 aromatic rings. The standard InChI is InChI=1S/C19H18N4O3S/c1-26-15-9-7-14(8-10-15)21-18(25)16-11-17(24)22-19(27-16)23-20-12-13-5-3-2-4-6-13/h2-10,12,16H,11H2,1H3,(H,21,25)(H,22,23,24)/t16-/m1/s1. The maximum absolute atomic E-state index is 12.5. The van der Waals surface area contributed by atoms with Crippen LogP contribution in [0.5, 0.6) is 5.75 Å². The molecule has 1 aliphatic heterocycles. The van der Waals surface area contributed by atoms with Crippen LogP contribution in [0.2, 0.25) is 0 Å². The van der Waals surface area contributed by atoms with Crippen LogP contribution < -0.4 is 15.4 Å². The largest absolute Gasteiger partial charge is 0.497 e. The lowest BCUT2D eigenvalue weighted by Crippen LogP contribution is -2.41. The molecule has 0 radical (unpaired) electrons. The van der Waals surface area contributed by atoms with E-state index in [1.165, 1.54) is 11.8 Å². The number of amidine groups is 1. The van der Waals surface area contributed by atoms with Crippen molar-refractivity contribution in [1.82, 2.24) is 5.32 Å². The highest BCUT2D eigenvalue weighted by Gasteiger charge is 2.30. The summed E-state index contributed by atoms with van der Waals surface area (Å²) >= 11 is 1.17. The quantitative estimate of drug-likeness (QED) is 0.614. The van der Waals surface area contributed by atoms with Gasteiger partial charge in [0.05, 0.1) is 13.3 Å². The van der Waals surface area contributed by atoms with Crippen LogP contribution in [0.3, 0.4) is 0 Å². The number of rotatable bonds is 5. The summed E-state index contributed by atoms with van der Waals surface area (Å²) in [5.74, 6) is 0.169. The Kier molecular flexibility index (Phi) is 6.22. The van der Waals surface area contributed by atoms with Crippen molar-refractivity contribution in [1.29, 1.82) is 0 Å². The van der Waals surface area contributed by atoms with Crippen molar-refractivity contribution in [2.24, 2.45) is 10.2 Å². The number of ether oxygens (including phenoxy) is 1. The van der Waals surface area contributed by atoms with E-state index in [9.17, 15) is 9.59 Å². The molecule has 0 saturated carbocycles. The number of benzene rings is 2. The number of nitrogens with one attached hydrogen (secondary N) is 2. The second-order valence-electron chi connectivity index (χ2n) is 5.64. The highest BCUT2D eigenvalue weighted by Crippen LogP contribution is 2.23. The Morgan fingerprint density at radius 3 is 2.67 bits per heavy atom. The van der Waals surface area contributed by atoms with Crippen molar-refractivity contribution in [3.63, 3.8) is 0 Å². The first-order chi connectivity index (χ1) is 13.1. The molecule has 138 valence electrons. The molecule has 1 atom stereocenters. The van der Waals surface area contributed by atoms with Crippen LogP contribution in [0.1, 0.15) is 12.0 Å². The van der Waals surface area contributed by atoms with Crippen LogP contribution in [0, 0.1) is 0 Å². The number of nitrogens with zero attached hydrogens (tertiary/aromatic N) is 2. The zero-order valence-electron chi connectivity index (χ0n) is 14.6. The molecule has 3 rings (SSSR count). The molecule has 7 nitrogen and oxygen atoms in total. The van der Waals surface area contributed by atoms with Gasteiger partial charge in [0, 0.05) is 12.1 Å². The molecule has 27 heavy (non-hydrogen) atoms. The SMILES string of the molecule is COc1ccc(NC(=O)[C@H]2CC(=O)NC(=NN=Cc3ccccc3)S2)cc1.